The van der Waals surface area contributed by atoms with Crippen LogP contribution < -0.4 is 11.1 Å². The normalized spacial score (nSPS) is 22.8. The standard InChI is InChI=1S/C15H20F3N3O/c16-15(17,18)12-5-1-3-10(7-12)8-20-14(19)21-9-11-4-2-6-13(11)22/h1,3,5,7,11,13,22H,2,4,6,8-9H2,(H3,19,20,21). The van der Waals surface area contributed by atoms with Crippen LogP contribution in [0.1, 0.15) is 30.4 Å². The predicted molar refractivity (Wildman–Crippen MR) is 78.1 cm³/mol. The van der Waals surface area contributed by atoms with Crippen LogP contribution in [0.15, 0.2) is 29.3 Å². The van der Waals surface area contributed by atoms with E-state index in [-0.39, 0.29) is 24.5 Å². The zero-order valence-electron chi connectivity index (χ0n) is 12.1. The summed E-state index contributed by atoms with van der Waals surface area (Å²) in [5, 5.41) is 12.6. The van der Waals surface area contributed by atoms with Gasteiger partial charge in [0.1, 0.15) is 0 Å². The van der Waals surface area contributed by atoms with Crippen molar-refractivity contribution in [3.05, 3.63) is 35.4 Å². The third-order valence-electron chi connectivity index (χ3n) is 3.85. The van der Waals surface area contributed by atoms with Gasteiger partial charge in [-0.1, -0.05) is 18.6 Å². The molecule has 4 N–H and O–H groups in total. The van der Waals surface area contributed by atoms with Gasteiger partial charge in [-0.05, 0) is 30.5 Å². The monoisotopic (exact) mass is 315 g/mol. The van der Waals surface area contributed by atoms with Crippen molar-refractivity contribution in [2.45, 2.75) is 38.1 Å². The molecular formula is C15H20F3N3O. The Kier molecular flexibility index (Phi) is 5.28. The summed E-state index contributed by atoms with van der Waals surface area (Å²) in [6.07, 6.45) is -1.94. The maximum Gasteiger partial charge on any atom is 0.416 e. The summed E-state index contributed by atoms with van der Waals surface area (Å²) < 4.78 is 37.8. The van der Waals surface area contributed by atoms with Crippen LogP contribution in [-0.2, 0) is 12.7 Å². The largest absolute Gasteiger partial charge is 0.416 e. The molecule has 1 aliphatic carbocycles. The van der Waals surface area contributed by atoms with Crippen LogP contribution in [0.3, 0.4) is 0 Å². The summed E-state index contributed by atoms with van der Waals surface area (Å²) in [7, 11) is 0. The molecule has 0 bridgehead atoms. The van der Waals surface area contributed by atoms with Crippen LogP contribution >= 0.6 is 0 Å². The zero-order chi connectivity index (χ0) is 16.2. The van der Waals surface area contributed by atoms with E-state index in [2.05, 4.69) is 10.3 Å². The van der Waals surface area contributed by atoms with Crippen molar-refractivity contribution in [3.63, 3.8) is 0 Å². The molecule has 0 amide bonds. The van der Waals surface area contributed by atoms with Crippen LogP contribution in [0.5, 0.6) is 0 Å². The number of nitrogens with zero attached hydrogens (tertiary/aromatic N) is 1. The van der Waals surface area contributed by atoms with Crippen molar-refractivity contribution in [3.8, 4) is 0 Å². The van der Waals surface area contributed by atoms with Crippen LogP contribution in [0.25, 0.3) is 0 Å². The highest BCUT2D eigenvalue weighted by atomic mass is 19.4. The third kappa shape index (κ3) is 4.62. The number of nitrogens with two attached hydrogens (primary N) is 1. The molecule has 2 unspecified atom stereocenters. The fourth-order valence-electron chi connectivity index (χ4n) is 2.57. The number of benzene rings is 1. The minimum Gasteiger partial charge on any atom is -0.393 e. The molecule has 22 heavy (non-hydrogen) atoms. The molecule has 122 valence electrons. The highest BCUT2D eigenvalue weighted by Crippen LogP contribution is 2.29. The van der Waals surface area contributed by atoms with Gasteiger partial charge in [0.05, 0.1) is 18.2 Å². The van der Waals surface area contributed by atoms with E-state index in [1.807, 2.05) is 0 Å². The number of guanidine groups is 1. The fraction of sp³-hybridized carbons (Fsp3) is 0.533. The molecule has 1 aliphatic rings. The molecule has 1 fully saturated rings. The number of nitrogens with one attached hydrogen (secondary N) is 1. The second-order valence-corrected chi connectivity index (χ2v) is 5.54. The number of hydrogen-bond donors (Lipinski definition) is 3. The third-order valence-corrected chi connectivity index (χ3v) is 3.85. The first kappa shape index (κ1) is 16.6. The molecule has 0 aliphatic heterocycles. The Hall–Kier alpha value is -1.76. The van der Waals surface area contributed by atoms with E-state index in [0.29, 0.717) is 12.1 Å². The first-order valence-corrected chi connectivity index (χ1v) is 7.24. The van der Waals surface area contributed by atoms with Crippen molar-refractivity contribution in [2.75, 3.05) is 6.54 Å². The van der Waals surface area contributed by atoms with Crippen LogP contribution in [0.2, 0.25) is 0 Å². The van der Waals surface area contributed by atoms with Gasteiger partial charge in [0.2, 0.25) is 0 Å². The van der Waals surface area contributed by atoms with E-state index in [0.717, 1.165) is 31.4 Å². The number of halogens is 3. The van der Waals surface area contributed by atoms with Gasteiger partial charge in [0, 0.05) is 12.5 Å². The Labute approximate surface area is 127 Å². The molecule has 1 aromatic carbocycles. The van der Waals surface area contributed by atoms with Crippen LogP contribution in [0, 0.1) is 5.92 Å². The first-order chi connectivity index (χ1) is 10.4. The molecule has 0 radical (unpaired) electrons. The molecule has 2 atom stereocenters. The lowest BCUT2D eigenvalue weighted by atomic mass is 10.1. The molecule has 0 aromatic heterocycles. The maximum absolute atomic E-state index is 12.6. The smallest absolute Gasteiger partial charge is 0.393 e. The molecular weight excluding hydrogens is 295 g/mol. The Morgan fingerprint density at radius 2 is 2.14 bits per heavy atom. The summed E-state index contributed by atoms with van der Waals surface area (Å²) >= 11 is 0. The minimum absolute atomic E-state index is 0.0793. The molecule has 2 rings (SSSR count). The first-order valence-electron chi connectivity index (χ1n) is 7.24. The minimum atomic E-state index is -4.36. The van der Waals surface area contributed by atoms with E-state index in [4.69, 9.17) is 5.73 Å². The van der Waals surface area contributed by atoms with Crippen LogP contribution in [-0.4, -0.2) is 23.7 Å². The average Bonchev–Trinajstić information content (AvgIpc) is 2.88. The van der Waals surface area contributed by atoms with Gasteiger partial charge in [0.15, 0.2) is 5.96 Å². The maximum atomic E-state index is 12.6. The SMILES string of the molecule is NC(=NCc1cccc(C(F)(F)F)c1)NCC1CCCC1O. The Bertz CT molecular complexity index is 531. The fourth-order valence-corrected chi connectivity index (χ4v) is 2.57. The number of aliphatic imine (C=N–C) groups is 1. The molecule has 4 nitrogen and oxygen atoms in total. The van der Waals surface area contributed by atoms with Gasteiger partial charge in [-0.3, -0.25) is 0 Å². The second-order valence-electron chi connectivity index (χ2n) is 5.54. The Morgan fingerprint density at radius 3 is 2.77 bits per heavy atom. The summed E-state index contributed by atoms with van der Waals surface area (Å²) in [5.41, 5.74) is 5.46. The van der Waals surface area contributed by atoms with Gasteiger partial charge >= 0.3 is 6.18 Å². The number of alkyl halides is 3. The molecule has 0 heterocycles. The summed E-state index contributed by atoms with van der Waals surface area (Å²) in [6, 6.07) is 5.02. The lowest BCUT2D eigenvalue weighted by Gasteiger charge is -2.15. The molecule has 1 aromatic rings. The van der Waals surface area contributed by atoms with Crippen LogP contribution in [0.4, 0.5) is 13.2 Å². The van der Waals surface area contributed by atoms with Gasteiger partial charge in [-0.2, -0.15) is 13.2 Å². The van der Waals surface area contributed by atoms with Gasteiger partial charge in [0.25, 0.3) is 0 Å². The highest BCUT2D eigenvalue weighted by molar-refractivity contribution is 5.77. The lowest BCUT2D eigenvalue weighted by Crippen LogP contribution is -2.37. The van der Waals surface area contributed by atoms with Crippen molar-refractivity contribution >= 4 is 5.96 Å². The summed E-state index contributed by atoms with van der Waals surface area (Å²) in [4.78, 5) is 4.04. The second kappa shape index (κ2) is 7.00. The number of aliphatic hydroxyl groups is 1. The van der Waals surface area contributed by atoms with Crippen molar-refractivity contribution in [2.24, 2.45) is 16.6 Å². The number of rotatable bonds is 4. The Morgan fingerprint density at radius 1 is 1.36 bits per heavy atom. The average molecular weight is 315 g/mol. The van der Waals surface area contributed by atoms with E-state index in [9.17, 15) is 18.3 Å². The Balaban J connectivity index is 1.88. The van der Waals surface area contributed by atoms with E-state index >= 15 is 0 Å². The topological polar surface area (TPSA) is 70.6 Å². The van der Waals surface area contributed by atoms with Gasteiger partial charge in [-0.15, -0.1) is 0 Å². The van der Waals surface area contributed by atoms with E-state index in [1.54, 1.807) is 6.07 Å². The van der Waals surface area contributed by atoms with Gasteiger partial charge < -0.3 is 16.2 Å². The van der Waals surface area contributed by atoms with Crippen molar-refractivity contribution in [1.82, 2.24) is 5.32 Å². The number of aliphatic hydroxyl groups excluding tert-OH is 1. The molecule has 1 saturated carbocycles. The lowest BCUT2D eigenvalue weighted by molar-refractivity contribution is -0.137. The predicted octanol–water partition coefficient (Wildman–Crippen LogP) is 2.27. The zero-order valence-corrected chi connectivity index (χ0v) is 12.1. The van der Waals surface area contributed by atoms with Crippen molar-refractivity contribution < 1.29 is 18.3 Å². The number of hydrogen-bond acceptors (Lipinski definition) is 2. The molecule has 7 heteroatoms. The molecule has 0 saturated heterocycles. The van der Waals surface area contributed by atoms with Crippen molar-refractivity contribution in [1.29, 1.82) is 0 Å². The van der Waals surface area contributed by atoms with E-state index in [1.165, 1.54) is 6.07 Å². The van der Waals surface area contributed by atoms with E-state index < -0.39 is 11.7 Å². The summed E-state index contributed by atoms with van der Waals surface area (Å²) in [6.45, 7) is 0.606. The molecule has 0 spiro atoms. The highest BCUT2D eigenvalue weighted by Gasteiger charge is 2.30. The summed E-state index contributed by atoms with van der Waals surface area (Å²) in [5.74, 6) is 0.332. The van der Waals surface area contributed by atoms with Gasteiger partial charge in [-0.25, -0.2) is 4.99 Å². The quantitative estimate of drug-likeness (QED) is 0.590.